The van der Waals surface area contributed by atoms with Gasteiger partial charge in [0.1, 0.15) is 0 Å². The molecule has 0 fully saturated rings. The molecule has 0 aliphatic carbocycles. The predicted octanol–water partition coefficient (Wildman–Crippen LogP) is -3.18. The van der Waals surface area contributed by atoms with Gasteiger partial charge in [-0.25, -0.2) is 0 Å². The molecule has 0 bridgehead atoms. The molecule has 0 aliphatic heterocycles. The second-order valence-electron chi connectivity index (χ2n) is 2.17. The lowest BCUT2D eigenvalue weighted by Gasteiger charge is -2.34. The Labute approximate surface area is 57.6 Å². The second-order valence-corrected chi connectivity index (χ2v) is 2.17. The quantitative estimate of drug-likeness (QED) is 0.268. The summed E-state index contributed by atoms with van der Waals surface area (Å²) in [4.78, 5) is 0.632. The summed E-state index contributed by atoms with van der Waals surface area (Å²) >= 11 is 0. The standard InChI is InChI=1S/C4H11NO5/c1-5(2)3(6,7)4(8,9)10/h6-10H,1-2H3. The molecule has 0 heterocycles. The van der Waals surface area contributed by atoms with E-state index in [9.17, 15) is 0 Å². The molecule has 0 aromatic carbocycles. The van der Waals surface area contributed by atoms with E-state index in [2.05, 4.69) is 0 Å². The van der Waals surface area contributed by atoms with E-state index in [0.29, 0.717) is 4.90 Å². The average Bonchev–Trinajstić information content (AvgIpc) is 1.62. The summed E-state index contributed by atoms with van der Waals surface area (Å²) in [5.74, 6) is -6.61. The molecule has 6 nitrogen and oxygen atoms in total. The van der Waals surface area contributed by atoms with Gasteiger partial charge in [0.15, 0.2) is 0 Å². The minimum absolute atomic E-state index is 0.632. The SMILES string of the molecule is CN(C)C(O)(O)C(O)(O)O. The average molecular weight is 153 g/mol. The lowest BCUT2D eigenvalue weighted by molar-refractivity contribution is -0.481. The Morgan fingerprint density at radius 3 is 1.20 bits per heavy atom. The van der Waals surface area contributed by atoms with E-state index in [4.69, 9.17) is 25.5 Å². The monoisotopic (exact) mass is 153 g/mol. The van der Waals surface area contributed by atoms with E-state index in [1.54, 1.807) is 0 Å². The number of nitrogens with zero attached hydrogens (tertiary/aromatic N) is 1. The van der Waals surface area contributed by atoms with Crippen LogP contribution in [0.2, 0.25) is 0 Å². The number of rotatable bonds is 2. The Morgan fingerprint density at radius 2 is 1.20 bits per heavy atom. The fourth-order valence-corrected chi connectivity index (χ4v) is 0.300. The molecule has 0 aromatic rings. The maximum atomic E-state index is 8.66. The normalized spacial score (nSPS) is 14.4. The fraction of sp³-hybridized carbons (Fsp3) is 1.00. The van der Waals surface area contributed by atoms with Gasteiger partial charge in [0.25, 0.3) is 0 Å². The maximum Gasteiger partial charge on any atom is 0.349 e. The van der Waals surface area contributed by atoms with Crippen LogP contribution in [0, 0.1) is 0 Å². The first-order valence-corrected chi connectivity index (χ1v) is 2.49. The third kappa shape index (κ3) is 1.63. The highest BCUT2D eigenvalue weighted by Crippen LogP contribution is 2.15. The van der Waals surface area contributed by atoms with Crippen molar-refractivity contribution in [3.05, 3.63) is 0 Å². The first-order chi connectivity index (χ1) is 4.19. The molecule has 0 unspecified atom stereocenters. The van der Waals surface area contributed by atoms with Crippen LogP contribution in [-0.4, -0.2) is 56.4 Å². The molecule has 0 spiro atoms. The van der Waals surface area contributed by atoms with Crippen LogP contribution in [0.15, 0.2) is 0 Å². The topological polar surface area (TPSA) is 104 Å². The Morgan fingerprint density at radius 1 is 0.900 bits per heavy atom. The van der Waals surface area contributed by atoms with Crippen LogP contribution in [0.25, 0.3) is 0 Å². The molecule has 0 aromatic heterocycles. The Kier molecular flexibility index (Phi) is 2.36. The molecule has 6 heteroatoms. The van der Waals surface area contributed by atoms with Gasteiger partial charge in [0, 0.05) is 0 Å². The van der Waals surface area contributed by atoms with Gasteiger partial charge < -0.3 is 25.5 Å². The molecule has 10 heavy (non-hydrogen) atoms. The predicted molar refractivity (Wildman–Crippen MR) is 30.2 cm³/mol. The zero-order valence-electron chi connectivity index (χ0n) is 5.68. The highest BCUT2D eigenvalue weighted by atomic mass is 16.7. The van der Waals surface area contributed by atoms with Crippen LogP contribution in [0.3, 0.4) is 0 Å². The van der Waals surface area contributed by atoms with Crippen molar-refractivity contribution in [1.82, 2.24) is 4.90 Å². The van der Waals surface area contributed by atoms with E-state index in [0.717, 1.165) is 14.1 Å². The van der Waals surface area contributed by atoms with E-state index in [-0.39, 0.29) is 0 Å². The smallest absolute Gasteiger partial charge is 0.347 e. The van der Waals surface area contributed by atoms with Gasteiger partial charge in [0.05, 0.1) is 0 Å². The number of hydrogen-bond donors (Lipinski definition) is 5. The first kappa shape index (κ1) is 9.76. The zero-order valence-corrected chi connectivity index (χ0v) is 5.68. The molecule has 0 radical (unpaired) electrons. The summed E-state index contributed by atoms with van der Waals surface area (Å²) in [6, 6.07) is 0. The van der Waals surface area contributed by atoms with Crippen LogP contribution in [-0.2, 0) is 0 Å². The van der Waals surface area contributed by atoms with Crippen LogP contribution in [0.4, 0.5) is 0 Å². The number of hydrogen-bond acceptors (Lipinski definition) is 6. The van der Waals surface area contributed by atoms with E-state index in [1.807, 2.05) is 0 Å². The lowest BCUT2D eigenvalue weighted by Crippen LogP contribution is -2.62. The molecule has 5 N–H and O–H groups in total. The molecule has 0 atom stereocenters. The fourth-order valence-electron chi connectivity index (χ4n) is 0.300. The summed E-state index contributed by atoms with van der Waals surface area (Å²) in [7, 11) is 2.30. The van der Waals surface area contributed by atoms with E-state index >= 15 is 0 Å². The van der Waals surface area contributed by atoms with Crippen molar-refractivity contribution in [2.45, 2.75) is 11.9 Å². The largest absolute Gasteiger partial charge is 0.349 e. The minimum Gasteiger partial charge on any atom is -0.347 e. The maximum absolute atomic E-state index is 8.66. The van der Waals surface area contributed by atoms with Crippen LogP contribution in [0.1, 0.15) is 0 Å². The van der Waals surface area contributed by atoms with Crippen molar-refractivity contribution in [2.24, 2.45) is 0 Å². The summed E-state index contributed by atoms with van der Waals surface area (Å²) in [5.41, 5.74) is 0. The van der Waals surface area contributed by atoms with Gasteiger partial charge in [0.2, 0.25) is 0 Å². The molecular weight excluding hydrogens is 142 g/mol. The van der Waals surface area contributed by atoms with Crippen LogP contribution in [0.5, 0.6) is 0 Å². The molecule has 0 saturated heterocycles. The Bertz CT molecular complexity index is 115. The summed E-state index contributed by atoms with van der Waals surface area (Å²) in [6.07, 6.45) is 0. The lowest BCUT2D eigenvalue weighted by atomic mass is 10.4. The number of aliphatic hydroxyl groups is 5. The minimum atomic E-state index is -3.55. The molecule has 62 valence electrons. The van der Waals surface area contributed by atoms with Gasteiger partial charge in [-0.15, -0.1) is 0 Å². The Balaban J connectivity index is 4.40. The Hall–Kier alpha value is -0.240. The van der Waals surface area contributed by atoms with Crippen molar-refractivity contribution in [3.63, 3.8) is 0 Å². The highest BCUT2D eigenvalue weighted by Gasteiger charge is 2.48. The van der Waals surface area contributed by atoms with Crippen molar-refractivity contribution >= 4 is 0 Å². The third-order valence-corrected chi connectivity index (χ3v) is 1.07. The van der Waals surface area contributed by atoms with Crippen molar-refractivity contribution in [3.8, 4) is 0 Å². The van der Waals surface area contributed by atoms with Crippen LogP contribution >= 0.6 is 0 Å². The third-order valence-electron chi connectivity index (χ3n) is 1.07. The summed E-state index contributed by atoms with van der Waals surface area (Å²) in [5, 5.41) is 42.2. The molecule has 0 amide bonds. The molecule has 0 aliphatic rings. The number of likely N-dealkylation sites (N-methyl/N-ethyl adjacent to an activating group) is 1. The second kappa shape index (κ2) is 2.42. The highest BCUT2D eigenvalue weighted by molar-refractivity contribution is 4.68. The zero-order chi connectivity index (χ0) is 8.58. The van der Waals surface area contributed by atoms with Crippen molar-refractivity contribution in [2.75, 3.05) is 14.1 Å². The first-order valence-electron chi connectivity index (χ1n) is 2.49. The van der Waals surface area contributed by atoms with E-state index in [1.165, 1.54) is 0 Å². The van der Waals surface area contributed by atoms with Gasteiger partial charge >= 0.3 is 11.9 Å². The molecular formula is C4H11NO5. The van der Waals surface area contributed by atoms with E-state index < -0.39 is 11.9 Å². The van der Waals surface area contributed by atoms with Crippen LogP contribution < -0.4 is 0 Å². The van der Waals surface area contributed by atoms with Gasteiger partial charge in [-0.1, -0.05) is 0 Å². The van der Waals surface area contributed by atoms with Crippen molar-refractivity contribution in [1.29, 1.82) is 0 Å². The summed E-state index contributed by atoms with van der Waals surface area (Å²) < 4.78 is 0. The summed E-state index contributed by atoms with van der Waals surface area (Å²) in [6.45, 7) is 0. The van der Waals surface area contributed by atoms with Gasteiger partial charge in [-0.3, -0.25) is 4.90 Å². The molecule has 0 saturated carbocycles. The van der Waals surface area contributed by atoms with Gasteiger partial charge in [-0.2, -0.15) is 0 Å². The molecule has 0 rings (SSSR count). The van der Waals surface area contributed by atoms with Crippen molar-refractivity contribution < 1.29 is 25.5 Å². The van der Waals surface area contributed by atoms with Gasteiger partial charge in [-0.05, 0) is 14.1 Å².